The van der Waals surface area contributed by atoms with Gasteiger partial charge in [0, 0.05) is 30.9 Å². The van der Waals surface area contributed by atoms with Crippen LogP contribution in [-0.2, 0) is 43.6 Å². The molecule has 0 saturated carbocycles. The maximum atomic E-state index is 14.6. The second kappa shape index (κ2) is 8.05. The van der Waals surface area contributed by atoms with Gasteiger partial charge in [-0.25, -0.2) is 9.48 Å². The standard InChI is InChI=1S/C16H21FN2O5/c1-4-23-16(21)15(17)11-6-5-7-13-14(11)12(8-24-10(2)20)18-19(13)9-22-3/h4-9H2,1-3H3. The SMILES string of the molecule is CCOC(=O)C(F)=C1CCCc2c1c(COC(C)=O)nn2COC. The maximum Gasteiger partial charge on any atom is 0.367 e. The van der Waals surface area contributed by atoms with E-state index in [9.17, 15) is 14.0 Å². The molecule has 0 amide bonds. The molecule has 0 fully saturated rings. The topological polar surface area (TPSA) is 79.7 Å². The van der Waals surface area contributed by atoms with E-state index in [0.717, 1.165) is 5.69 Å². The summed E-state index contributed by atoms with van der Waals surface area (Å²) in [5, 5.41) is 4.35. The number of allylic oxidation sites excluding steroid dienone is 1. The van der Waals surface area contributed by atoms with Crippen molar-refractivity contribution in [3.8, 4) is 0 Å². The molecular weight excluding hydrogens is 319 g/mol. The van der Waals surface area contributed by atoms with Crippen LogP contribution in [0.4, 0.5) is 4.39 Å². The Morgan fingerprint density at radius 2 is 2.04 bits per heavy atom. The van der Waals surface area contributed by atoms with Gasteiger partial charge in [-0.15, -0.1) is 0 Å². The van der Waals surface area contributed by atoms with Crippen LogP contribution in [0.1, 0.15) is 43.6 Å². The Morgan fingerprint density at radius 1 is 1.29 bits per heavy atom. The fourth-order valence-corrected chi connectivity index (χ4v) is 2.75. The van der Waals surface area contributed by atoms with E-state index in [0.29, 0.717) is 30.5 Å². The molecule has 24 heavy (non-hydrogen) atoms. The Labute approximate surface area is 139 Å². The van der Waals surface area contributed by atoms with Crippen LogP contribution in [0.5, 0.6) is 0 Å². The molecule has 1 aromatic rings. The number of carbonyl (C=O) groups is 2. The number of rotatable bonds is 6. The first-order valence-corrected chi connectivity index (χ1v) is 7.76. The number of fused-ring (bicyclic) bond motifs is 1. The van der Waals surface area contributed by atoms with Gasteiger partial charge in [0.1, 0.15) is 19.0 Å². The summed E-state index contributed by atoms with van der Waals surface area (Å²) in [6, 6.07) is 0. The Bertz CT molecular complexity index is 666. The van der Waals surface area contributed by atoms with Gasteiger partial charge in [0.15, 0.2) is 0 Å². The van der Waals surface area contributed by atoms with Crippen molar-refractivity contribution in [1.82, 2.24) is 9.78 Å². The molecule has 2 rings (SSSR count). The second-order valence-electron chi connectivity index (χ2n) is 5.33. The first-order chi connectivity index (χ1) is 11.5. The van der Waals surface area contributed by atoms with Crippen molar-refractivity contribution in [2.75, 3.05) is 13.7 Å². The van der Waals surface area contributed by atoms with Gasteiger partial charge in [-0.1, -0.05) is 0 Å². The van der Waals surface area contributed by atoms with Crippen molar-refractivity contribution in [1.29, 1.82) is 0 Å². The fourth-order valence-electron chi connectivity index (χ4n) is 2.75. The Balaban J connectivity index is 2.50. The molecule has 8 heteroatoms. The number of methoxy groups -OCH3 is 1. The van der Waals surface area contributed by atoms with Gasteiger partial charge in [0.25, 0.3) is 0 Å². The van der Waals surface area contributed by atoms with Gasteiger partial charge in [0.2, 0.25) is 5.83 Å². The highest BCUT2D eigenvalue weighted by Gasteiger charge is 2.29. The number of hydrogen-bond donors (Lipinski definition) is 0. The molecule has 1 aromatic heterocycles. The quantitative estimate of drug-likeness (QED) is 0.583. The first kappa shape index (κ1) is 18.1. The summed E-state index contributed by atoms with van der Waals surface area (Å²) < 4.78 is 31.0. The molecule has 0 atom stereocenters. The number of ether oxygens (including phenoxy) is 3. The molecule has 0 saturated heterocycles. The minimum Gasteiger partial charge on any atom is -0.461 e. The number of aromatic nitrogens is 2. The molecule has 1 heterocycles. The summed E-state index contributed by atoms with van der Waals surface area (Å²) in [6.07, 6.45) is 1.74. The average Bonchev–Trinajstić information content (AvgIpc) is 2.91. The molecule has 0 aromatic carbocycles. The number of esters is 2. The summed E-state index contributed by atoms with van der Waals surface area (Å²) >= 11 is 0. The summed E-state index contributed by atoms with van der Waals surface area (Å²) in [5.74, 6) is -2.37. The van der Waals surface area contributed by atoms with E-state index in [1.54, 1.807) is 11.6 Å². The van der Waals surface area contributed by atoms with Crippen LogP contribution >= 0.6 is 0 Å². The molecule has 0 bridgehead atoms. The van der Waals surface area contributed by atoms with Gasteiger partial charge in [-0.3, -0.25) is 4.79 Å². The first-order valence-electron chi connectivity index (χ1n) is 7.76. The van der Waals surface area contributed by atoms with Crippen LogP contribution in [-0.4, -0.2) is 35.4 Å². The molecule has 0 spiro atoms. The van der Waals surface area contributed by atoms with Crippen molar-refractivity contribution in [3.05, 3.63) is 22.8 Å². The zero-order chi connectivity index (χ0) is 17.7. The van der Waals surface area contributed by atoms with Crippen molar-refractivity contribution in [3.63, 3.8) is 0 Å². The Morgan fingerprint density at radius 3 is 2.67 bits per heavy atom. The lowest BCUT2D eigenvalue weighted by atomic mass is 9.89. The molecule has 0 unspecified atom stereocenters. The number of hydrogen-bond acceptors (Lipinski definition) is 6. The van der Waals surface area contributed by atoms with E-state index in [-0.39, 0.29) is 25.5 Å². The second-order valence-corrected chi connectivity index (χ2v) is 5.33. The summed E-state index contributed by atoms with van der Waals surface area (Å²) in [4.78, 5) is 22.9. The molecule has 1 aliphatic carbocycles. The van der Waals surface area contributed by atoms with Crippen molar-refractivity contribution >= 4 is 17.5 Å². The van der Waals surface area contributed by atoms with Crippen LogP contribution in [0.3, 0.4) is 0 Å². The molecular formula is C16H21FN2O5. The lowest BCUT2D eigenvalue weighted by molar-refractivity contribution is -0.142. The number of carbonyl (C=O) groups excluding carboxylic acids is 2. The minimum absolute atomic E-state index is 0.0893. The van der Waals surface area contributed by atoms with Crippen molar-refractivity contribution < 1.29 is 28.2 Å². The molecule has 132 valence electrons. The predicted molar refractivity (Wildman–Crippen MR) is 82.3 cm³/mol. The van der Waals surface area contributed by atoms with Crippen LogP contribution < -0.4 is 0 Å². The van der Waals surface area contributed by atoms with E-state index in [4.69, 9.17) is 14.2 Å². The lowest BCUT2D eigenvalue weighted by Gasteiger charge is -2.18. The van der Waals surface area contributed by atoms with Gasteiger partial charge in [-0.2, -0.15) is 9.49 Å². The predicted octanol–water partition coefficient (Wildman–Crippen LogP) is 2.13. The number of halogens is 1. The van der Waals surface area contributed by atoms with Gasteiger partial charge in [-0.05, 0) is 26.2 Å². The third-order valence-corrected chi connectivity index (χ3v) is 3.66. The van der Waals surface area contributed by atoms with E-state index in [2.05, 4.69) is 5.10 Å². The van der Waals surface area contributed by atoms with Crippen LogP contribution in [0.25, 0.3) is 5.57 Å². The van der Waals surface area contributed by atoms with E-state index < -0.39 is 17.8 Å². The molecule has 7 nitrogen and oxygen atoms in total. The lowest BCUT2D eigenvalue weighted by Crippen LogP contribution is -2.13. The van der Waals surface area contributed by atoms with Gasteiger partial charge < -0.3 is 14.2 Å². The summed E-state index contributed by atoms with van der Waals surface area (Å²) in [5.41, 5.74) is 1.94. The molecule has 0 radical (unpaired) electrons. The largest absolute Gasteiger partial charge is 0.461 e. The smallest absolute Gasteiger partial charge is 0.367 e. The van der Waals surface area contributed by atoms with Crippen LogP contribution in [0, 0.1) is 0 Å². The third-order valence-electron chi connectivity index (χ3n) is 3.66. The van der Waals surface area contributed by atoms with Gasteiger partial charge in [0.05, 0.1) is 6.61 Å². The zero-order valence-corrected chi connectivity index (χ0v) is 14.1. The highest BCUT2D eigenvalue weighted by molar-refractivity contribution is 5.96. The maximum absolute atomic E-state index is 14.6. The molecule has 0 N–H and O–H groups in total. The average molecular weight is 340 g/mol. The minimum atomic E-state index is -0.988. The van der Waals surface area contributed by atoms with E-state index in [1.165, 1.54) is 14.0 Å². The van der Waals surface area contributed by atoms with Crippen molar-refractivity contribution in [2.24, 2.45) is 0 Å². The fraction of sp³-hybridized carbons (Fsp3) is 0.562. The highest BCUT2D eigenvalue weighted by Crippen LogP contribution is 2.36. The third kappa shape index (κ3) is 3.81. The van der Waals surface area contributed by atoms with E-state index >= 15 is 0 Å². The highest BCUT2D eigenvalue weighted by atomic mass is 19.1. The Kier molecular flexibility index (Phi) is 6.08. The van der Waals surface area contributed by atoms with E-state index in [1.807, 2.05) is 0 Å². The molecule has 0 aliphatic heterocycles. The monoisotopic (exact) mass is 340 g/mol. The van der Waals surface area contributed by atoms with Crippen molar-refractivity contribution in [2.45, 2.75) is 46.4 Å². The summed E-state index contributed by atoms with van der Waals surface area (Å²) in [6.45, 7) is 3.10. The number of nitrogens with zero attached hydrogens (tertiary/aromatic N) is 2. The van der Waals surface area contributed by atoms with Crippen LogP contribution in [0.15, 0.2) is 5.83 Å². The summed E-state index contributed by atoms with van der Waals surface area (Å²) in [7, 11) is 1.53. The normalized spacial score (nSPS) is 15.7. The zero-order valence-electron chi connectivity index (χ0n) is 14.1. The van der Waals surface area contributed by atoms with Gasteiger partial charge >= 0.3 is 11.9 Å². The van der Waals surface area contributed by atoms with Crippen LogP contribution in [0.2, 0.25) is 0 Å². The Hall–Kier alpha value is -2.22. The molecule has 1 aliphatic rings.